The summed E-state index contributed by atoms with van der Waals surface area (Å²) in [6.07, 6.45) is 3.24. The van der Waals surface area contributed by atoms with Crippen molar-refractivity contribution in [2.75, 3.05) is 6.61 Å². The highest BCUT2D eigenvalue weighted by molar-refractivity contribution is 5.85. The van der Waals surface area contributed by atoms with Gasteiger partial charge in [0.15, 0.2) is 0 Å². The molecule has 2 aromatic rings. The predicted octanol–water partition coefficient (Wildman–Crippen LogP) is 4.84. The minimum Gasteiger partial charge on any atom is -0.480 e. The summed E-state index contributed by atoms with van der Waals surface area (Å²) in [6, 6.07) is 15.4. The van der Waals surface area contributed by atoms with Crippen LogP contribution in [0.4, 0.5) is 4.79 Å². The first-order chi connectivity index (χ1) is 16.8. The van der Waals surface area contributed by atoms with E-state index in [9.17, 15) is 19.5 Å². The highest BCUT2D eigenvalue weighted by Gasteiger charge is 2.39. The largest absolute Gasteiger partial charge is 0.480 e. The molecule has 4 rings (SSSR count). The Hall–Kier alpha value is -3.35. The van der Waals surface area contributed by atoms with E-state index in [1.807, 2.05) is 31.2 Å². The first-order valence-electron chi connectivity index (χ1n) is 12.5. The Bertz CT molecular complexity index is 1050. The SMILES string of the molecule is CCC(C)[C@H](NC(=O)CC1(NC(=O)OCC2c3ccccc3-c3ccccc32)CCCC1)C(=O)O. The van der Waals surface area contributed by atoms with E-state index in [1.165, 1.54) is 0 Å². The zero-order chi connectivity index (χ0) is 25.0. The van der Waals surface area contributed by atoms with Crippen LogP contribution in [0.1, 0.15) is 69.4 Å². The number of benzene rings is 2. The van der Waals surface area contributed by atoms with Gasteiger partial charge >= 0.3 is 12.1 Å². The lowest BCUT2D eigenvalue weighted by molar-refractivity contribution is -0.143. The van der Waals surface area contributed by atoms with E-state index >= 15 is 0 Å². The van der Waals surface area contributed by atoms with Crippen molar-refractivity contribution in [3.8, 4) is 11.1 Å². The van der Waals surface area contributed by atoms with Gasteiger partial charge in [-0.3, -0.25) is 4.79 Å². The number of alkyl carbamates (subject to hydrolysis) is 1. The number of ether oxygens (including phenoxy) is 1. The molecule has 0 saturated heterocycles. The van der Waals surface area contributed by atoms with Crippen LogP contribution >= 0.6 is 0 Å². The molecule has 3 N–H and O–H groups in total. The lowest BCUT2D eigenvalue weighted by atomic mass is 9.92. The molecule has 186 valence electrons. The second kappa shape index (κ2) is 10.5. The average molecular weight is 479 g/mol. The van der Waals surface area contributed by atoms with Crippen molar-refractivity contribution in [2.45, 2.75) is 69.9 Å². The minimum atomic E-state index is -1.04. The second-order valence-electron chi connectivity index (χ2n) is 9.88. The highest BCUT2D eigenvalue weighted by Crippen LogP contribution is 2.44. The predicted molar refractivity (Wildman–Crippen MR) is 133 cm³/mol. The zero-order valence-corrected chi connectivity index (χ0v) is 20.4. The summed E-state index contributed by atoms with van der Waals surface area (Å²) >= 11 is 0. The van der Waals surface area contributed by atoms with Crippen LogP contribution in [0.2, 0.25) is 0 Å². The fourth-order valence-electron chi connectivity index (χ4n) is 5.46. The molecule has 0 spiro atoms. The topological polar surface area (TPSA) is 105 Å². The summed E-state index contributed by atoms with van der Waals surface area (Å²) < 4.78 is 5.71. The van der Waals surface area contributed by atoms with Gasteiger partial charge in [-0.1, -0.05) is 81.6 Å². The summed E-state index contributed by atoms with van der Waals surface area (Å²) in [5.41, 5.74) is 3.89. The molecular weight excluding hydrogens is 444 g/mol. The average Bonchev–Trinajstić information content (AvgIpc) is 3.43. The molecule has 1 fully saturated rings. The number of nitrogens with one attached hydrogen (secondary N) is 2. The van der Waals surface area contributed by atoms with Crippen LogP contribution in [0, 0.1) is 5.92 Å². The van der Waals surface area contributed by atoms with E-state index in [2.05, 4.69) is 34.9 Å². The highest BCUT2D eigenvalue weighted by atomic mass is 16.5. The Kier molecular flexibility index (Phi) is 7.43. The molecule has 2 aliphatic carbocycles. The number of carbonyl (C=O) groups excluding carboxylic acids is 2. The maximum absolute atomic E-state index is 12.9. The fraction of sp³-hybridized carbons (Fsp3) is 0.464. The third-order valence-corrected chi connectivity index (χ3v) is 7.57. The normalized spacial score (nSPS) is 17.7. The van der Waals surface area contributed by atoms with Gasteiger partial charge in [0, 0.05) is 12.3 Å². The molecule has 7 heteroatoms. The van der Waals surface area contributed by atoms with Crippen molar-refractivity contribution in [3.05, 3.63) is 59.7 Å². The maximum Gasteiger partial charge on any atom is 0.407 e. The first kappa shape index (κ1) is 24.8. The number of carbonyl (C=O) groups is 3. The van der Waals surface area contributed by atoms with E-state index in [4.69, 9.17) is 4.74 Å². The van der Waals surface area contributed by atoms with Gasteiger partial charge in [0.1, 0.15) is 12.6 Å². The van der Waals surface area contributed by atoms with E-state index in [0.717, 1.165) is 35.1 Å². The number of aliphatic carboxylic acids is 1. The Morgan fingerprint density at radius 3 is 2.14 bits per heavy atom. The summed E-state index contributed by atoms with van der Waals surface area (Å²) in [5, 5.41) is 15.1. The number of fused-ring (bicyclic) bond motifs is 3. The van der Waals surface area contributed by atoms with Gasteiger partial charge in [-0.25, -0.2) is 9.59 Å². The lowest BCUT2D eigenvalue weighted by Crippen LogP contribution is -2.52. The van der Waals surface area contributed by atoms with Crippen LogP contribution in [-0.2, 0) is 14.3 Å². The molecular formula is C28H34N2O5. The van der Waals surface area contributed by atoms with Gasteiger partial charge in [0.05, 0.1) is 5.54 Å². The van der Waals surface area contributed by atoms with Crippen LogP contribution in [0.5, 0.6) is 0 Å². The third-order valence-electron chi connectivity index (χ3n) is 7.57. The van der Waals surface area contributed by atoms with Crippen LogP contribution < -0.4 is 10.6 Å². The summed E-state index contributed by atoms with van der Waals surface area (Å²) in [7, 11) is 0. The van der Waals surface area contributed by atoms with Gasteiger partial charge in [-0.15, -0.1) is 0 Å². The summed E-state index contributed by atoms with van der Waals surface area (Å²) in [4.78, 5) is 37.3. The van der Waals surface area contributed by atoms with Crippen molar-refractivity contribution < 1.29 is 24.2 Å². The van der Waals surface area contributed by atoms with Crippen molar-refractivity contribution in [1.29, 1.82) is 0 Å². The van der Waals surface area contributed by atoms with Gasteiger partial charge in [-0.05, 0) is 41.0 Å². The Balaban J connectivity index is 1.40. The molecule has 0 radical (unpaired) electrons. The molecule has 7 nitrogen and oxygen atoms in total. The Morgan fingerprint density at radius 1 is 1.03 bits per heavy atom. The molecule has 1 saturated carbocycles. The monoisotopic (exact) mass is 478 g/mol. The van der Waals surface area contributed by atoms with Gasteiger partial charge in [-0.2, -0.15) is 0 Å². The van der Waals surface area contributed by atoms with E-state index in [0.29, 0.717) is 19.3 Å². The van der Waals surface area contributed by atoms with Crippen molar-refractivity contribution in [2.24, 2.45) is 5.92 Å². The molecule has 2 amide bonds. The standard InChI is InChI=1S/C28H34N2O5/c1-3-18(2)25(26(32)33)29-24(31)16-28(14-8-9-15-28)30-27(34)35-17-23-21-12-6-4-10-19(21)20-11-5-7-13-22(20)23/h4-7,10-13,18,23,25H,3,8-9,14-17H2,1-2H3,(H,29,31)(H,30,34)(H,32,33)/t18?,25-/m0/s1. The molecule has 1 unspecified atom stereocenters. The molecule has 0 aliphatic heterocycles. The smallest absolute Gasteiger partial charge is 0.407 e. The van der Waals surface area contributed by atoms with Gasteiger partial charge < -0.3 is 20.5 Å². The van der Waals surface area contributed by atoms with Crippen molar-refractivity contribution >= 4 is 18.0 Å². The minimum absolute atomic E-state index is 0.0390. The third kappa shape index (κ3) is 5.34. The number of carboxylic acid groups (broad SMARTS) is 1. The molecule has 35 heavy (non-hydrogen) atoms. The Labute approximate surface area is 206 Å². The summed E-state index contributed by atoms with van der Waals surface area (Å²) in [5.74, 6) is -1.63. The molecule has 2 aliphatic rings. The van der Waals surface area contributed by atoms with Crippen LogP contribution in [0.15, 0.2) is 48.5 Å². The maximum atomic E-state index is 12.9. The van der Waals surface area contributed by atoms with Crippen LogP contribution in [-0.4, -0.2) is 41.3 Å². The number of hydrogen-bond donors (Lipinski definition) is 3. The quantitative estimate of drug-likeness (QED) is 0.478. The molecule has 2 atom stereocenters. The first-order valence-corrected chi connectivity index (χ1v) is 12.5. The lowest BCUT2D eigenvalue weighted by Gasteiger charge is -2.30. The number of rotatable bonds is 9. The summed E-state index contributed by atoms with van der Waals surface area (Å²) in [6.45, 7) is 3.90. The number of carboxylic acids is 1. The number of hydrogen-bond acceptors (Lipinski definition) is 4. The van der Waals surface area contributed by atoms with Crippen LogP contribution in [0.25, 0.3) is 11.1 Å². The molecule has 0 bridgehead atoms. The molecule has 2 aromatic carbocycles. The van der Waals surface area contributed by atoms with E-state index in [1.54, 1.807) is 6.92 Å². The second-order valence-corrected chi connectivity index (χ2v) is 9.88. The molecule has 0 heterocycles. The Morgan fingerprint density at radius 2 is 1.60 bits per heavy atom. The van der Waals surface area contributed by atoms with Gasteiger partial charge in [0.25, 0.3) is 0 Å². The molecule has 0 aromatic heterocycles. The fourth-order valence-corrected chi connectivity index (χ4v) is 5.46. The van der Waals surface area contributed by atoms with Crippen molar-refractivity contribution in [3.63, 3.8) is 0 Å². The van der Waals surface area contributed by atoms with Gasteiger partial charge in [0.2, 0.25) is 5.91 Å². The zero-order valence-electron chi connectivity index (χ0n) is 20.4. The van der Waals surface area contributed by atoms with E-state index in [-0.39, 0.29) is 30.8 Å². The number of amides is 2. The van der Waals surface area contributed by atoms with E-state index < -0.39 is 23.6 Å². The van der Waals surface area contributed by atoms with Crippen molar-refractivity contribution in [1.82, 2.24) is 10.6 Å². The van der Waals surface area contributed by atoms with Crippen LogP contribution in [0.3, 0.4) is 0 Å².